The fraction of sp³-hybridized carbons (Fsp3) is 0.531. The number of carbonyl (C=O) groups excluding carboxylic acids is 4. The van der Waals surface area contributed by atoms with Gasteiger partial charge in [-0.15, -0.1) is 0 Å². The van der Waals surface area contributed by atoms with Gasteiger partial charge in [0, 0.05) is 11.9 Å². The minimum Gasteiger partial charge on any atom is -0.455 e. The minimum atomic E-state index is -1.50. The number of cyclic esters (lactones) is 1. The highest BCUT2D eigenvalue weighted by atomic mass is 16.5. The average molecular weight is 594 g/mol. The predicted octanol–water partition coefficient (Wildman–Crippen LogP) is 2.78. The van der Waals surface area contributed by atoms with Crippen LogP contribution in [0.25, 0.3) is 17.0 Å². The topological polar surface area (TPSA) is 150 Å². The van der Waals surface area contributed by atoms with Gasteiger partial charge in [0.2, 0.25) is 11.8 Å². The van der Waals surface area contributed by atoms with Crippen LogP contribution in [0.5, 0.6) is 0 Å². The number of aliphatic hydroxyl groups is 1. The maximum Gasteiger partial charge on any atom is 0.325 e. The number of carbonyl (C=O) groups is 4. The first kappa shape index (κ1) is 32.1. The third-order valence-corrected chi connectivity index (χ3v) is 8.50. The van der Waals surface area contributed by atoms with Crippen LogP contribution in [0.15, 0.2) is 36.4 Å². The number of amides is 3. The standard InChI is InChI=1S/C32H43N5O6/c1-18(2)26-27(38)33-19(3)28(39)37-16-8-9-24(36-37)29(40)43-20(4)23-13-12-22-11-10-21(17-25(22)34-23)14-15-32(7,30(41)35-26)31(5,6)42/h10-15,17-20,24,26,36,42H,8-9,16H2,1-7H3,(H,33,38)(H,35,41)/b15-14+/t19-,20+,24-,26?,32?/m0/s1. The summed E-state index contributed by atoms with van der Waals surface area (Å²) in [6.45, 7) is 11.9. The molecule has 2 unspecified atom stereocenters. The Morgan fingerprint density at radius 1 is 1.09 bits per heavy atom. The first-order valence-corrected chi connectivity index (χ1v) is 14.8. The molecule has 232 valence electrons. The van der Waals surface area contributed by atoms with Crippen molar-refractivity contribution in [2.75, 3.05) is 6.54 Å². The van der Waals surface area contributed by atoms with Crippen LogP contribution in [-0.2, 0) is 23.9 Å². The van der Waals surface area contributed by atoms with Gasteiger partial charge < -0.3 is 20.5 Å². The lowest BCUT2D eigenvalue weighted by Gasteiger charge is -2.38. The zero-order valence-electron chi connectivity index (χ0n) is 25.9. The number of rotatable bonds is 2. The van der Waals surface area contributed by atoms with Gasteiger partial charge in [-0.3, -0.25) is 24.2 Å². The Bertz CT molecular complexity index is 1430. The third kappa shape index (κ3) is 6.88. The van der Waals surface area contributed by atoms with E-state index < -0.39 is 58.9 Å². The summed E-state index contributed by atoms with van der Waals surface area (Å²) in [4.78, 5) is 58.3. The first-order valence-electron chi connectivity index (χ1n) is 14.8. The predicted molar refractivity (Wildman–Crippen MR) is 162 cm³/mol. The highest BCUT2D eigenvalue weighted by Crippen LogP contribution is 2.34. The van der Waals surface area contributed by atoms with E-state index in [0.717, 1.165) is 10.9 Å². The largest absolute Gasteiger partial charge is 0.455 e. The van der Waals surface area contributed by atoms with Gasteiger partial charge in [0.15, 0.2) is 0 Å². The van der Waals surface area contributed by atoms with Crippen LogP contribution in [0.4, 0.5) is 0 Å². The first-order chi connectivity index (χ1) is 20.1. The molecule has 0 saturated carbocycles. The Kier molecular flexibility index (Phi) is 9.27. The molecule has 11 nitrogen and oxygen atoms in total. The van der Waals surface area contributed by atoms with E-state index in [4.69, 9.17) is 9.72 Å². The fourth-order valence-corrected chi connectivity index (χ4v) is 5.16. The van der Waals surface area contributed by atoms with Gasteiger partial charge in [-0.1, -0.05) is 44.2 Å². The van der Waals surface area contributed by atoms with Gasteiger partial charge in [0.1, 0.15) is 24.2 Å². The van der Waals surface area contributed by atoms with Crippen molar-refractivity contribution in [3.63, 3.8) is 0 Å². The number of ether oxygens (including phenoxy) is 1. The Morgan fingerprint density at radius 2 is 1.79 bits per heavy atom. The van der Waals surface area contributed by atoms with E-state index in [1.54, 1.807) is 66.7 Å². The Hall–Kier alpha value is -3.83. The molecular weight excluding hydrogens is 550 g/mol. The summed E-state index contributed by atoms with van der Waals surface area (Å²) in [5.41, 5.74) is 2.01. The van der Waals surface area contributed by atoms with E-state index >= 15 is 0 Å². The Morgan fingerprint density at radius 3 is 2.47 bits per heavy atom. The van der Waals surface area contributed by atoms with Gasteiger partial charge in [-0.05, 0) is 71.1 Å². The molecular formula is C32H43N5O6. The van der Waals surface area contributed by atoms with Gasteiger partial charge in [-0.25, -0.2) is 10.4 Å². The molecule has 1 aromatic heterocycles. The number of hydrogen-bond donors (Lipinski definition) is 4. The van der Waals surface area contributed by atoms with Crippen molar-refractivity contribution in [1.29, 1.82) is 0 Å². The number of nitrogens with one attached hydrogen (secondary N) is 3. The number of fused-ring (bicyclic) bond motifs is 4. The fourth-order valence-electron chi connectivity index (χ4n) is 5.16. The third-order valence-electron chi connectivity index (χ3n) is 8.50. The van der Waals surface area contributed by atoms with Crippen molar-refractivity contribution in [2.45, 2.75) is 91.1 Å². The van der Waals surface area contributed by atoms with Crippen molar-refractivity contribution in [3.05, 3.63) is 47.7 Å². The summed E-state index contributed by atoms with van der Waals surface area (Å²) in [5, 5.41) is 18.9. The molecule has 3 heterocycles. The normalized spacial score (nSPS) is 28.8. The summed E-state index contributed by atoms with van der Waals surface area (Å²) >= 11 is 0. The molecule has 5 bridgehead atoms. The van der Waals surface area contributed by atoms with Gasteiger partial charge in [0.25, 0.3) is 5.91 Å². The van der Waals surface area contributed by atoms with Crippen LogP contribution in [0.3, 0.4) is 0 Å². The number of benzene rings is 1. The second-order valence-corrected chi connectivity index (χ2v) is 12.6. The minimum absolute atomic E-state index is 0.321. The van der Waals surface area contributed by atoms with Crippen molar-refractivity contribution in [3.8, 4) is 0 Å². The molecule has 2 aromatic rings. The zero-order valence-corrected chi connectivity index (χ0v) is 25.9. The lowest BCUT2D eigenvalue weighted by molar-refractivity contribution is -0.157. The van der Waals surface area contributed by atoms with E-state index in [0.29, 0.717) is 30.6 Å². The van der Waals surface area contributed by atoms with Crippen LogP contribution < -0.4 is 16.1 Å². The van der Waals surface area contributed by atoms with Crippen molar-refractivity contribution < 1.29 is 29.0 Å². The van der Waals surface area contributed by atoms with Crippen LogP contribution in [0.2, 0.25) is 0 Å². The maximum absolute atomic E-state index is 13.8. The van der Waals surface area contributed by atoms with E-state index in [-0.39, 0.29) is 5.92 Å². The maximum atomic E-state index is 13.8. The molecule has 0 aliphatic carbocycles. The summed E-state index contributed by atoms with van der Waals surface area (Å²) < 4.78 is 5.76. The molecule has 1 saturated heterocycles. The zero-order chi connectivity index (χ0) is 31.7. The van der Waals surface area contributed by atoms with Crippen LogP contribution in [-0.4, -0.2) is 69.1 Å². The number of esters is 1. The van der Waals surface area contributed by atoms with Gasteiger partial charge >= 0.3 is 5.97 Å². The molecule has 43 heavy (non-hydrogen) atoms. The second-order valence-electron chi connectivity index (χ2n) is 12.6. The van der Waals surface area contributed by atoms with Crippen molar-refractivity contribution in [2.24, 2.45) is 11.3 Å². The highest BCUT2D eigenvalue weighted by Gasteiger charge is 2.46. The summed E-state index contributed by atoms with van der Waals surface area (Å²) in [6.07, 6.45) is 3.77. The van der Waals surface area contributed by atoms with E-state index in [2.05, 4.69) is 16.1 Å². The van der Waals surface area contributed by atoms with E-state index in [9.17, 15) is 24.3 Å². The smallest absolute Gasteiger partial charge is 0.325 e. The molecule has 1 aromatic carbocycles. The molecule has 0 radical (unpaired) electrons. The molecule has 5 atom stereocenters. The van der Waals surface area contributed by atoms with Crippen molar-refractivity contribution >= 4 is 40.7 Å². The summed E-state index contributed by atoms with van der Waals surface area (Å²) in [7, 11) is 0. The van der Waals surface area contributed by atoms with Crippen LogP contribution in [0.1, 0.15) is 78.7 Å². The Balaban J connectivity index is 1.77. The van der Waals surface area contributed by atoms with Crippen LogP contribution in [0, 0.1) is 11.3 Å². The molecule has 2 aliphatic rings. The lowest BCUT2D eigenvalue weighted by atomic mass is 9.73. The summed E-state index contributed by atoms with van der Waals surface area (Å²) in [5.74, 6) is -2.32. The highest BCUT2D eigenvalue weighted by molar-refractivity contribution is 5.94. The van der Waals surface area contributed by atoms with E-state index in [1.807, 2.05) is 24.3 Å². The molecule has 11 heteroatoms. The molecule has 4 rings (SSSR count). The van der Waals surface area contributed by atoms with Gasteiger partial charge in [0.05, 0.1) is 22.2 Å². The number of hydrogen-bond acceptors (Lipinski definition) is 8. The summed E-state index contributed by atoms with van der Waals surface area (Å²) in [6, 6.07) is 6.68. The second kappa shape index (κ2) is 12.4. The van der Waals surface area contributed by atoms with Crippen molar-refractivity contribution in [1.82, 2.24) is 26.1 Å². The molecule has 1 fully saturated rings. The monoisotopic (exact) mass is 593 g/mol. The number of nitrogens with zero attached hydrogens (tertiary/aromatic N) is 2. The van der Waals surface area contributed by atoms with Crippen LogP contribution >= 0.6 is 0 Å². The number of pyridine rings is 1. The number of aromatic nitrogens is 1. The average Bonchev–Trinajstić information content (AvgIpc) is 2.96. The molecule has 0 spiro atoms. The number of hydrazine groups is 1. The molecule has 3 amide bonds. The van der Waals surface area contributed by atoms with Gasteiger partial charge in [-0.2, -0.15) is 0 Å². The molecule has 4 N–H and O–H groups in total. The van der Waals surface area contributed by atoms with E-state index in [1.165, 1.54) is 5.01 Å². The molecule has 2 aliphatic heterocycles. The lowest BCUT2D eigenvalue weighted by Crippen LogP contribution is -2.62. The quantitative estimate of drug-likeness (QED) is 0.389. The SMILES string of the molecule is CC(C)C1NC(=O)C(C)(C(C)(C)O)/C=C/c2ccc3ccc(nc3c2)[C@@H](C)OC(=O)[C@@H]2CCCN(N2)C(=O)[C@H](C)NC1=O. The Labute approximate surface area is 252 Å².